The number of halogens is 1. The highest BCUT2D eigenvalue weighted by Crippen LogP contribution is 2.57. The van der Waals surface area contributed by atoms with E-state index in [2.05, 4.69) is 5.32 Å². The van der Waals surface area contributed by atoms with Gasteiger partial charge in [0.25, 0.3) is 0 Å². The number of ether oxygens (including phenoxy) is 1. The number of benzene rings is 1. The molecule has 0 aromatic heterocycles. The average molecular weight is 283 g/mol. The molecule has 0 radical (unpaired) electrons. The van der Waals surface area contributed by atoms with Crippen molar-refractivity contribution >= 4 is 29.7 Å². The van der Waals surface area contributed by atoms with Crippen molar-refractivity contribution in [3.8, 4) is 5.75 Å². The second-order valence-corrected chi connectivity index (χ2v) is 5.23. The number of hydrogen-bond acceptors (Lipinski definition) is 3. The Morgan fingerprint density at radius 2 is 2.05 bits per heavy atom. The van der Waals surface area contributed by atoms with Gasteiger partial charge in [0.15, 0.2) is 0 Å². The smallest absolute Gasteiger partial charge is 0.228 e. The minimum atomic E-state index is 0. The predicted octanol–water partition coefficient (Wildman–Crippen LogP) is 2.68. The van der Waals surface area contributed by atoms with Crippen molar-refractivity contribution in [2.24, 2.45) is 17.8 Å². The van der Waals surface area contributed by atoms with E-state index in [4.69, 9.17) is 10.5 Å². The molecule has 0 spiro atoms. The summed E-state index contributed by atoms with van der Waals surface area (Å²) in [7, 11) is 1.60. The van der Waals surface area contributed by atoms with Crippen LogP contribution in [0.15, 0.2) is 18.2 Å². The summed E-state index contributed by atoms with van der Waals surface area (Å²) in [5, 5.41) is 2.93. The lowest BCUT2D eigenvalue weighted by Gasteiger charge is -2.10. The lowest BCUT2D eigenvalue weighted by molar-refractivity contribution is -0.118. The maximum atomic E-state index is 12.1. The van der Waals surface area contributed by atoms with Crippen LogP contribution in [-0.2, 0) is 4.79 Å². The molecule has 19 heavy (non-hydrogen) atoms. The van der Waals surface area contributed by atoms with Gasteiger partial charge in [0.2, 0.25) is 5.91 Å². The second-order valence-electron chi connectivity index (χ2n) is 5.23. The third-order valence-electron chi connectivity index (χ3n) is 4.23. The first-order valence-corrected chi connectivity index (χ1v) is 6.45. The van der Waals surface area contributed by atoms with Crippen molar-refractivity contribution in [2.45, 2.75) is 19.3 Å². The number of carbonyl (C=O) groups is 1. The van der Waals surface area contributed by atoms with Crippen LogP contribution in [-0.4, -0.2) is 13.0 Å². The fraction of sp³-hybridized carbons (Fsp3) is 0.500. The van der Waals surface area contributed by atoms with Gasteiger partial charge >= 0.3 is 0 Å². The molecule has 1 amide bonds. The number of rotatable bonds is 3. The van der Waals surface area contributed by atoms with Gasteiger partial charge in [-0.2, -0.15) is 0 Å². The Hall–Kier alpha value is -1.42. The highest BCUT2D eigenvalue weighted by atomic mass is 35.5. The second kappa shape index (κ2) is 5.29. The van der Waals surface area contributed by atoms with Crippen LogP contribution in [0.2, 0.25) is 0 Å². The molecule has 0 heterocycles. The number of nitrogen functional groups attached to an aromatic ring is 1. The van der Waals surface area contributed by atoms with Crippen molar-refractivity contribution < 1.29 is 9.53 Å². The molecule has 5 heteroatoms. The van der Waals surface area contributed by atoms with Crippen molar-refractivity contribution in [3.05, 3.63) is 18.2 Å². The lowest BCUT2D eigenvalue weighted by atomic mass is 10.1. The highest BCUT2D eigenvalue weighted by molar-refractivity contribution is 5.97. The van der Waals surface area contributed by atoms with Crippen LogP contribution < -0.4 is 15.8 Å². The van der Waals surface area contributed by atoms with Gasteiger partial charge in [-0.3, -0.25) is 4.79 Å². The summed E-state index contributed by atoms with van der Waals surface area (Å²) in [6.07, 6.45) is 3.69. The minimum Gasteiger partial charge on any atom is -0.497 e. The summed E-state index contributed by atoms with van der Waals surface area (Å²) >= 11 is 0. The van der Waals surface area contributed by atoms with Crippen molar-refractivity contribution in [3.63, 3.8) is 0 Å². The summed E-state index contributed by atoms with van der Waals surface area (Å²) in [5.74, 6) is 2.28. The normalized spacial score (nSPS) is 27.1. The van der Waals surface area contributed by atoms with Gasteiger partial charge in [0.1, 0.15) is 5.75 Å². The summed E-state index contributed by atoms with van der Waals surface area (Å²) in [6.45, 7) is 0. The van der Waals surface area contributed by atoms with Gasteiger partial charge in [-0.15, -0.1) is 12.4 Å². The minimum absolute atomic E-state index is 0. The van der Waals surface area contributed by atoms with Gasteiger partial charge < -0.3 is 15.8 Å². The molecular formula is C14H19ClN2O2. The Kier molecular flexibility index (Phi) is 3.90. The van der Waals surface area contributed by atoms with E-state index in [1.165, 1.54) is 19.3 Å². The van der Waals surface area contributed by atoms with E-state index in [0.717, 1.165) is 0 Å². The molecule has 4 nitrogen and oxygen atoms in total. The number of fused-ring (bicyclic) bond motifs is 1. The van der Waals surface area contributed by atoms with Gasteiger partial charge in [-0.25, -0.2) is 0 Å². The van der Waals surface area contributed by atoms with Crippen LogP contribution in [0.3, 0.4) is 0 Å². The maximum Gasteiger partial charge on any atom is 0.228 e. The topological polar surface area (TPSA) is 64.3 Å². The molecule has 3 N–H and O–H groups in total. The third-order valence-corrected chi connectivity index (χ3v) is 4.23. The standard InChI is InChI=1S/C14H18N2O2.ClH/c1-18-8-5-6-11(15)12(7-8)16-14(17)13-9-3-2-4-10(9)13;/h5-7,9-10,13H,2-4,15H2,1H3,(H,16,17);1H. The summed E-state index contributed by atoms with van der Waals surface area (Å²) < 4.78 is 5.14. The molecule has 0 aliphatic heterocycles. The quantitative estimate of drug-likeness (QED) is 0.838. The van der Waals surface area contributed by atoms with E-state index >= 15 is 0 Å². The third kappa shape index (κ3) is 2.50. The molecule has 2 fully saturated rings. The van der Waals surface area contributed by atoms with Crippen molar-refractivity contribution in [1.29, 1.82) is 0 Å². The van der Waals surface area contributed by atoms with E-state index in [9.17, 15) is 4.79 Å². The number of hydrogen-bond donors (Lipinski definition) is 2. The first-order valence-electron chi connectivity index (χ1n) is 6.45. The maximum absolute atomic E-state index is 12.1. The number of carbonyl (C=O) groups excluding carboxylic acids is 1. The Balaban J connectivity index is 0.00000133. The van der Waals surface area contributed by atoms with E-state index in [-0.39, 0.29) is 24.2 Å². The molecule has 0 saturated heterocycles. The largest absolute Gasteiger partial charge is 0.497 e. The van der Waals surface area contributed by atoms with Gasteiger partial charge in [-0.1, -0.05) is 6.42 Å². The monoisotopic (exact) mass is 282 g/mol. The van der Waals surface area contributed by atoms with Gasteiger partial charge in [0.05, 0.1) is 18.5 Å². The zero-order valence-electron chi connectivity index (χ0n) is 10.9. The number of methoxy groups -OCH3 is 1. The van der Waals surface area contributed by atoms with Crippen molar-refractivity contribution in [1.82, 2.24) is 0 Å². The fourth-order valence-electron chi connectivity index (χ4n) is 3.20. The average Bonchev–Trinajstić information content (AvgIpc) is 2.86. The first kappa shape index (κ1) is 14.0. The molecule has 3 rings (SSSR count). The molecule has 1 aromatic rings. The molecular weight excluding hydrogens is 264 g/mol. The predicted molar refractivity (Wildman–Crippen MR) is 77.6 cm³/mol. The van der Waals surface area contributed by atoms with Crippen LogP contribution in [0.5, 0.6) is 5.75 Å². The molecule has 2 saturated carbocycles. The zero-order valence-corrected chi connectivity index (χ0v) is 11.7. The first-order chi connectivity index (χ1) is 8.70. The molecule has 2 atom stereocenters. The molecule has 2 unspecified atom stereocenters. The molecule has 0 bridgehead atoms. The Morgan fingerprint density at radius 1 is 1.37 bits per heavy atom. The van der Waals surface area contributed by atoms with E-state index in [0.29, 0.717) is 29.0 Å². The number of amides is 1. The van der Waals surface area contributed by atoms with Crippen LogP contribution in [0.1, 0.15) is 19.3 Å². The number of nitrogens with two attached hydrogens (primary N) is 1. The molecule has 1 aromatic carbocycles. The lowest BCUT2D eigenvalue weighted by Crippen LogP contribution is -2.17. The van der Waals surface area contributed by atoms with E-state index < -0.39 is 0 Å². The fourth-order valence-corrected chi connectivity index (χ4v) is 3.20. The van der Waals surface area contributed by atoms with Crippen LogP contribution in [0.25, 0.3) is 0 Å². The van der Waals surface area contributed by atoms with Gasteiger partial charge in [-0.05, 0) is 36.8 Å². The highest BCUT2D eigenvalue weighted by Gasteiger charge is 2.56. The van der Waals surface area contributed by atoms with E-state index in [1.807, 2.05) is 0 Å². The Labute approximate surface area is 119 Å². The molecule has 2 aliphatic rings. The van der Waals surface area contributed by atoms with Crippen LogP contribution >= 0.6 is 12.4 Å². The zero-order chi connectivity index (χ0) is 12.7. The SMILES string of the molecule is COc1ccc(N)c(NC(=O)C2C3CCCC32)c1.Cl. The number of anilines is 2. The number of nitrogens with one attached hydrogen (secondary N) is 1. The van der Waals surface area contributed by atoms with Crippen LogP contribution in [0.4, 0.5) is 11.4 Å². The van der Waals surface area contributed by atoms with Crippen LogP contribution in [0, 0.1) is 17.8 Å². The Morgan fingerprint density at radius 3 is 2.68 bits per heavy atom. The van der Waals surface area contributed by atoms with Gasteiger partial charge in [0, 0.05) is 12.0 Å². The molecule has 2 aliphatic carbocycles. The molecule has 104 valence electrons. The summed E-state index contributed by atoms with van der Waals surface area (Å²) in [5.41, 5.74) is 7.09. The summed E-state index contributed by atoms with van der Waals surface area (Å²) in [4.78, 5) is 12.1. The Bertz CT molecular complexity index is 482. The van der Waals surface area contributed by atoms with Crippen molar-refractivity contribution in [2.75, 3.05) is 18.2 Å². The van der Waals surface area contributed by atoms with E-state index in [1.54, 1.807) is 25.3 Å². The summed E-state index contributed by atoms with van der Waals surface area (Å²) in [6, 6.07) is 5.31.